The predicted molar refractivity (Wildman–Crippen MR) is 71.0 cm³/mol. The third-order valence-corrected chi connectivity index (χ3v) is 3.10. The van der Waals surface area contributed by atoms with E-state index in [0.29, 0.717) is 23.5 Å². The second-order valence-electron chi connectivity index (χ2n) is 4.49. The van der Waals surface area contributed by atoms with Crippen LogP contribution in [-0.2, 0) is 20.0 Å². The Hall–Kier alpha value is -2.37. The van der Waals surface area contributed by atoms with Gasteiger partial charge in [0.1, 0.15) is 5.82 Å². The fraction of sp³-hybridized carbons (Fsp3) is 0.231. The quantitative estimate of drug-likeness (QED) is 0.779. The molecule has 1 aromatic carbocycles. The number of rotatable bonds is 3. The third kappa shape index (κ3) is 2.16. The molecule has 2 heterocycles. The number of aromatic nitrogens is 4. The summed E-state index contributed by atoms with van der Waals surface area (Å²) >= 11 is 0. The molecule has 0 bridgehead atoms. The van der Waals surface area contributed by atoms with Crippen molar-refractivity contribution in [1.29, 1.82) is 0 Å². The maximum absolute atomic E-state index is 13.3. The van der Waals surface area contributed by atoms with Gasteiger partial charge in [-0.25, -0.2) is 9.37 Å². The minimum atomic E-state index is -0.286. The first-order chi connectivity index (χ1) is 9.13. The number of nitrogen functional groups attached to an aromatic ring is 1. The van der Waals surface area contributed by atoms with E-state index in [1.807, 2.05) is 23.9 Å². The van der Waals surface area contributed by atoms with Crippen LogP contribution in [0, 0.1) is 5.82 Å². The van der Waals surface area contributed by atoms with E-state index in [-0.39, 0.29) is 5.82 Å². The lowest BCUT2D eigenvalue weighted by molar-refractivity contribution is 0.627. The topological polar surface area (TPSA) is 61.7 Å². The van der Waals surface area contributed by atoms with E-state index in [2.05, 4.69) is 10.1 Å². The fourth-order valence-electron chi connectivity index (χ4n) is 2.17. The van der Waals surface area contributed by atoms with Crippen LogP contribution in [0.5, 0.6) is 0 Å². The van der Waals surface area contributed by atoms with Crippen molar-refractivity contribution in [2.24, 2.45) is 7.05 Å². The molecule has 0 unspecified atom stereocenters. The van der Waals surface area contributed by atoms with Gasteiger partial charge < -0.3 is 10.3 Å². The number of hydrogen-bond donors (Lipinski definition) is 1. The zero-order valence-electron chi connectivity index (χ0n) is 10.5. The highest BCUT2D eigenvalue weighted by Crippen LogP contribution is 2.19. The molecule has 0 atom stereocenters. The average Bonchev–Trinajstić information content (AvgIpc) is 2.90. The summed E-state index contributed by atoms with van der Waals surface area (Å²) < 4.78 is 16.9. The van der Waals surface area contributed by atoms with Crippen LogP contribution in [0.2, 0.25) is 0 Å². The van der Waals surface area contributed by atoms with Crippen LogP contribution < -0.4 is 5.73 Å². The fourth-order valence-corrected chi connectivity index (χ4v) is 2.17. The number of imidazole rings is 1. The molecule has 0 aliphatic carbocycles. The van der Waals surface area contributed by atoms with Crippen LogP contribution in [0.4, 0.5) is 10.3 Å². The first-order valence-corrected chi connectivity index (χ1v) is 6.03. The number of anilines is 1. The molecule has 6 heteroatoms. The summed E-state index contributed by atoms with van der Waals surface area (Å²) in [5.41, 5.74) is 8.27. The number of hydrogen-bond acceptors (Lipinski definition) is 3. The molecule has 5 nitrogen and oxygen atoms in total. The first kappa shape index (κ1) is 11.7. The summed E-state index contributed by atoms with van der Waals surface area (Å²) in [5, 5.41) is 4.31. The minimum Gasteiger partial charge on any atom is -0.369 e. The summed E-state index contributed by atoms with van der Waals surface area (Å²) in [6.07, 6.45) is 2.62. The highest BCUT2D eigenvalue weighted by Gasteiger charge is 2.09. The van der Waals surface area contributed by atoms with Crippen LogP contribution in [-0.4, -0.2) is 19.3 Å². The van der Waals surface area contributed by atoms with Crippen molar-refractivity contribution in [3.05, 3.63) is 42.0 Å². The summed E-state index contributed by atoms with van der Waals surface area (Å²) in [7, 11) is 1.87. The van der Waals surface area contributed by atoms with E-state index < -0.39 is 0 Å². The molecular weight excluding hydrogens is 245 g/mol. The van der Waals surface area contributed by atoms with E-state index in [9.17, 15) is 4.39 Å². The van der Waals surface area contributed by atoms with Crippen LogP contribution in [0.25, 0.3) is 11.0 Å². The molecule has 3 rings (SSSR count). The Labute approximate surface area is 109 Å². The largest absolute Gasteiger partial charge is 0.369 e. The van der Waals surface area contributed by atoms with Crippen molar-refractivity contribution in [2.75, 3.05) is 5.73 Å². The Morgan fingerprint density at radius 1 is 1.32 bits per heavy atom. The molecule has 98 valence electrons. The number of nitrogens with zero attached hydrogens (tertiary/aromatic N) is 4. The lowest BCUT2D eigenvalue weighted by Crippen LogP contribution is -2.06. The van der Waals surface area contributed by atoms with Gasteiger partial charge in [-0.05, 0) is 24.3 Å². The smallest absolute Gasteiger partial charge is 0.201 e. The second kappa shape index (κ2) is 4.38. The zero-order chi connectivity index (χ0) is 13.4. The maximum Gasteiger partial charge on any atom is 0.201 e. The molecule has 0 spiro atoms. The summed E-state index contributed by atoms with van der Waals surface area (Å²) in [5.74, 6) is 0.114. The SMILES string of the molecule is Cn1ccc(CCn2c(N)nc3ccc(F)cc32)n1. The van der Waals surface area contributed by atoms with Crippen LogP contribution >= 0.6 is 0 Å². The van der Waals surface area contributed by atoms with Gasteiger partial charge in [0, 0.05) is 26.2 Å². The van der Waals surface area contributed by atoms with Crippen molar-refractivity contribution in [3.63, 3.8) is 0 Å². The predicted octanol–water partition coefficient (Wildman–Crippen LogP) is 1.73. The Morgan fingerprint density at radius 3 is 2.89 bits per heavy atom. The maximum atomic E-state index is 13.3. The van der Waals surface area contributed by atoms with E-state index in [0.717, 1.165) is 12.1 Å². The standard InChI is InChI=1S/C13H14FN5/c1-18-6-4-10(17-18)5-7-19-12-8-9(14)2-3-11(12)16-13(19)15/h2-4,6,8H,5,7H2,1H3,(H2,15,16). The van der Waals surface area contributed by atoms with Crippen LogP contribution in [0.3, 0.4) is 0 Å². The molecule has 19 heavy (non-hydrogen) atoms. The highest BCUT2D eigenvalue weighted by atomic mass is 19.1. The van der Waals surface area contributed by atoms with Crippen molar-refractivity contribution < 1.29 is 4.39 Å². The molecule has 2 N–H and O–H groups in total. The molecular formula is C13H14FN5. The number of nitrogens with two attached hydrogens (primary N) is 1. The molecule has 0 fully saturated rings. The van der Waals surface area contributed by atoms with Crippen LogP contribution in [0.15, 0.2) is 30.5 Å². The van der Waals surface area contributed by atoms with E-state index >= 15 is 0 Å². The Bertz CT molecular complexity index is 728. The van der Waals surface area contributed by atoms with Gasteiger partial charge in [0.05, 0.1) is 16.7 Å². The highest BCUT2D eigenvalue weighted by molar-refractivity contribution is 5.78. The van der Waals surface area contributed by atoms with Gasteiger partial charge in [-0.15, -0.1) is 0 Å². The second-order valence-corrected chi connectivity index (χ2v) is 4.49. The van der Waals surface area contributed by atoms with Gasteiger partial charge in [-0.2, -0.15) is 5.10 Å². The van der Waals surface area contributed by atoms with E-state index in [1.54, 1.807) is 10.7 Å². The normalized spacial score (nSPS) is 11.3. The Kier molecular flexibility index (Phi) is 2.70. The van der Waals surface area contributed by atoms with E-state index in [1.165, 1.54) is 12.1 Å². The zero-order valence-corrected chi connectivity index (χ0v) is 10.5. The molecule has 0 radical (unpaired) electrons. The molecule has 2 aromatic heterocycles. The lowest BCUT2D eigenvalue weighted by atomic mass is 10.3. The summed E-state index contributed by atoms with van der Waals surface area (Å²) in [6, 6.07) is 6.43. The molecule has 0 aliphatic heterocycles. The van der Waals surface area contributed by atoms with Gasteiger partial charge in [0.25, 0.3) is 0 Å². The van der Waals surface area contributed by atoms with Crippen molar-refractivity contribution in [1.82, 2.24) is 19.3 Å². The molecule has 3 aromatic rings. The van der Waals surface area contributed by atoms with Crippen molar-refractivity contribution >= 4 is 17.0 Å². The van der Waals surface area contributed by atoms with Crippen LogP contribution in [0.1, 0.15) is 5.69 Å². The molecule has 0 saturated heterocycles. The number of halogens is 1. The van der Waals surface area contributed by atoms with Gasteiger partial charge in [-0.3, -0.25) is 4.68 Å². The summed E-state index contributed by atoms with van der Waals surface area (Å²) in [6.45, 7) is 0.628. The van der Waals surface area contributed by atoms with Crippen molar-refractivity contribution in [2.45, 2.75) is 13.0 Å². The lowest BCUT2D eigenvalue weighted by Gasteiger charge is -2.04. The Morgan fingerprint density at radius 2 is 2.16 bits per heavy atom. The van der Waals surface area contributed by atoms with Gasteiger partial charge in [0.2, 0.25) is 5.95 Å². The van der Waals surface area contributed by atoms with Gasteiger partial charge in [-0.1, -0.05) is 0 Å². The number of aryl methyl sites for hydroxylation is 3. The van der Waals surface area contributed by atoms with Crippen molar-refractivity contribution in [3.8, 4) is 0 Å². The van der Waals surface area contributed by atoms with E-state index in [4.69, 9.17) is 5.73 Å². The first-order valence-electron chi connectivity index (χ1n) is 6.03. The molecule has 0 saturated carbocycles. The molecule has 0 amide bonds. The third-order valence-electron chi connectivity index (χ3n) is 3.10. The summed E-state index contributed by atoms with van der Waals surface area (Å²) in [4.78, 5) is 4.22. The number of fused-ring (bicyclic) bond motifs is 1. The average molecular weight is 259 g/mol. The monoisotopic (exact) mass is 259 g/mol. The minimum absolute atomic E-state index is 0.286. The molecule has 0 aliphatic rings. The van der Waals surface area contributed by atoms with Gasteiger partial charge in [0.15, 0.2) is 0 Å². The van der Waals surface area contributed by atoms with Gasteiger partial charge >= 0.3 is 0 Å². The number of benzene rings is 1. The Balaban J connectivity index is 1.91.